The molecule has 0 fully saturated rings. The van der Waals surface area contributed by atoms with E-state index in [1.807, 2.05) is 19.3 Å². The molecule has 0 aromatic carbocycles. The van der Waals surface area contributed by atoms with Gasteiger partial charge in [0.1, 0.15) is 0 Å². The first-order valence-corrected chi connectivity index (χ1v) is 6.10. The number of ether oxygens (including phenoxy) is 2. The summed E-state index contributed by atoms with van der Waals surface area (Å²) in [5, 5.41) is 3.09. The summed E-state index contributed by atoms with van der Waals surface area (Å²) in [4.78, 5) is 4.33. The Kier molecular flexibility index (Phi) is 7.54. The van der Waals surface area contributed by atoms with Crippen LogP contribution < -0.4 is 5.32 Å². The maximum Gasteiger partial charge on any atom is 0.0889 e. The van der Waals surface area contributed by atoms with Gasteiger partial charge in [-0.1, -0.05) is 13.0 Å². The van der Waals surface area contributed by atoms with Crippen LogP contribution in [0.2, 0.25) is 0 Å². The number of aromatic nitrogens is 1. The number of nitrogens with one attached hydrogen (secondary N) is 1. The summed E-state index contributed by atoms with van der Waals surface area (Å²) >= 11 is 0. The van der Waals surface area contributed by atoms with Crippen molar-refractivity contribution in [2.75, 3.05) is 26.9 Å². The van der Waals surface area contributed by atoms with Crippen LogP contribution >= 0.6 is 0 Å². The van der Waals surface area contributed by atoms with Gasteiger partial charge in [-0.05, 0) is 25.1 Å². The van der Waals surface area contributed by atoms with E-state index in [0.717, 1.165) is 25.3 Å². The van der Waals surface area contributed by atoms with Gasteiger partial charge in [0.25, 0.3) is 0 Å². The molecule has 0 amide bonds. The monoisotopic (exact) mass is 238 g/mol. The minimum Gasteiger partial charge on any atom is -0.379 e. The van der Waals surface area contributed by atoms with Gasteiger partial charge in [0.05, 0.1) is 25.5 Å². The van der Waals surface area contributed by atoms with E-state index in [2.05, 4.69) is 23.3 Å². The van der Waals surface area contributed by atoms with Gasteiger partial charge in [-0.2, -0.15) is 0 Å². The molecule has 0 spiro atoms. The Labute approximate surface area is 103 Å². The summed E-state index contributed by atoms with van der Waals surface area (Å²) in [6.07, 6.45) is 2.93. The van der Waals surface area contributed by atoms with Crippen LogP contribution in [-0.4, -0.2) is 31.9 Å². The molecule has 96 valence electrons. The molecule has 1 heterocycles. The lowest BCUT2D eigenvalue weighted by Gasteiger charge is -2.05. The zero-order valence-corrected chi connectivity index (χ0v) is 10.7. The Morgan fingerprint density at radius 3 is 2.65 bits per heavy atom. The summed E-state index contributed by atoms with van der Waals surface area (Å²) < 4.78 is 10.8. The fourth-order valence-electron chi connectivity index (χ4n) is 1.39. The summed E-state index contributed by atoms with van der Waals surface area (Å²) in [5.41, 5.74) is 2.14. The van der Waals surface area contributed by atoms with Crippen LogP contribution in [-0.2, 0) is 22.6 Å². The number of hydrogen-bond acceptors (Lipinski definition) is 4. The molecular weight excluding hydrogens is 216 g/mol. The maximum absolute atomic E-state index is 5.46. The Balaban J connectivity index is 2.14. The second kappa shape index (κ2) is 9.10. The summed E-state index contributed by atoms with van der Waals surface area (Å²) in [6.45, 7) is 5.58. The largest absolute Gasteiger partial charge is 0.379 e. The van der Waals surface area contributed by atoms with Crippen molar-refractivity contribution in [3.8, 4) is 0 Å². The lowest BCUT2D eigenvalue weighted by Crippen LogP contribution is -2.07. The summed E-state index contributed by atoms with van der Waals surface area (Å²) in [7, 11) is 1.92. The molecule has 1 N–H and O–H groups in total. The van der Waals surface area contributed by atoms with E-state index in [0.29, 0.717) is 19.8 Å². The van der Waals surface area contributed by atoms with Crippen molar-refractivity contribution in [3.63, 3.8) is 0 Å². The standard InChI is InChI=1S/C13H22N2O2/c1-3-6-16-7-8-17-11-13-5-4-12(9-14-2)10-15-13/h4-5,10,14H,3,6-9,11H2,1-2H3. The molecule has 0 aliphatic carbocycles. The van der Waals surface area contributed by atoms with E-state index in [-0.39, 0.29) is 0 Å². The molecule has 1 aromatic rings. The van der Waals surface area contributed by atoms with Crippen molar-refractivity contribution in [2.45, 2.75) is 26.5 Å². The third-order valence-electron chi connectivity index (χ3n) is 2.24. The zero-order valence-electron chi connectivity index (χ0n) is 10.7. The molecule has 0 aliphatic rings. The molecular formula is C13H22N2O2. The topological polar surface area (TPSA) is 43.4 Å². The van der Waals surface area contributed by atoms with Gasteiger partial charge >= 0.3 is 0 Å². The van der Waals surface area contributed by atoms with E-state index in [4.69, 9.17) is 9.47 Å². The van der Waals surface area contributed by atoms with Crippen molar-refractivity contribution < 1.29 is 9.47 Å². The van der Waals surface area contributed by atoms with Crippen molar-refractivity contribution in [1.82, 2.24) is 10.3 Å². The van der Waals surface area contributed by atoms with Crippen molar-refractivity contribution >= 4 is 0 Å². The van der Waals surface area contributed by atoms with Gasteiger partial charge in [-0.25, -0.2) is 0 Å². The van der Waals surface area contributed by atoms with Crippen LogP contribution in [0.15, 0.2) is 18.3 Å². The predicted molar refractivity (Wildman–Crippen MR) is 67.8 cm³/mol. The Morgan fingerprint density at radius 2 is 2.00 bits per heavy atom. The Hall–Kier alpha value is -0.970. The number of pyridine rings is 1. The second-order valence-corrected chi connectivity index (χ2v) is 3.85. The Bertz CT molecular complexity index is 288. The first-order chi connectivity index (χ1) is 8.36. The normalized spacial score (nSPS) is 10.7. The zero-order chi connectivity index (χ0) is 12.3. The average Bonchev–Trinajstić information content (AvgIpc) is 2.36. The quantitative estimate of drug-likeness (QED) is 0.666. The van der Waals surface area contributed by atoms with Gasteiger partial charge in [0.2, 0.25) is 0 Å². The highest BCUT2D eigenvalue weighted by Crippen LogP contribution is 2.01. The van der Waals surface area contributed by atoms with Crippen LogP contribution in [0.3, 0.4) is 0 Å². The minimum absolute atomic E-state index is 0.551. The van der Waals surface area contributed by atoms with Gasteiger partial charge in [0, 0.05) is 19.3 Å². The first kappa shape index (κ1) is 14.1. The number of hydrogen-bond donors (Lipinski definition) is 1. The van der Waals surface area contributed by atoms with Crippen LogP contribution in [0, 0.1) is 0 Å². The molecule has 0 saturated carbocycles. The minimum atomic E-state index is 0.551. The van der Waals surface area contributed by atoms with Gasteiger partial charge in [-0.3, -0.25) is 4.98 Å². The molecule has 4 nitrogen and oxygen atoms in total. The van der Waals surface area contributed by atoms with E-state index < -0.39 is 0 Å². The van der Waals surface area contributed by atoms with Gasteiger partial charge in [0.15, 0.2) is 0 Å². The van der Waals surface area contributed by atoms with E-state index in [9.17, 15) is 0 Å². The number of nitrogens with zero attached hydrogens (tertiary/aromatic N) is 1. The molecule has 17 heavy (non-hydrogen) atoms. The predicted octanol–water partition coefficient (Wildman–Crippen LogP) is 1.74. The van der Waals surface area contributed by atoms with Crippen LogP contribution in [0.1, 0.15) is 24.6 Å². The van der Waals surface area contributed by atoms with Crippen molar-refractivity contribution in [2.24, 2.45) is 0 Å². The molecule has 4 heteroatoms. The molecule has 1 rings (SSSR count). The Morgan fingerprint density at radius 1 is 1.18 bits per heavy atom. The lowest BCUT2D eigenvalue weighted by atomic mass is 10.2. The van der Waals surface area contributed by atoms with Crippen molar-refractivity contribution in [1.29, 1.82) is 0 Å². The van der Waals surface area contributed by atoms with Crippen molar-refractivity contribution in [3.05, 3.63) is 29.6 Å². The maximum atomic E-state index is 5.46. The molecule has 0 bridgehead atoms. The highest BCUT2D eigenvalue weighted by molar-refractivity contribution is 5.13. The fourth-order valence-corrected chi connectivity index (χ4v) is 1.39. The summed E-state index contributed by atoms with van der Waals surface area (Å²) in [5.74, 6) is 0. The van der Waals surface area contributed by atoms with Crippen LogP contribution in [0.5, 0.6) is 0 Å². The second-order valence-electron chi connectivity index (χ2n) is 3.85. The molecule has 0 radical (unpaired) electrons. The molecule has 0 atom stereocenters. The van der Waals surface area contributed by atoms with E-state index in [1.54, 1.807) is 0 Å². The molecule has 0 saturated heterocycles. The average molecular weight is 238 g/mol. The highest BCUT2D eigenvalue weighted by Gasteiger charge is 1.96. The molecule has 0 aliphatic heterocycles. The summed E-state index contributed by atoms with van der Waals surface area (Å²) in [6, 6.07) is 4.06. The lowest BCUT2D eigenvalue weighted by molar-refractivity contribution is 0.0397. The highest BCUT2D eigenvalue weighted by atomic mass is 16.5. The van der Waals surface area contributed by atoms with Gasteiger partial charge in [-0.15, -0.1) is 0 Å². The third-order valence-corrected chi connectivity index (χ3v) is 2.24. The molecule has 0 unspecified atom stereocenters. The van der Waals surface area contributed by atoms with Gasteiger partial charge < -0.3 is 14.8 Å². The van der Waals surface area contributed by atoms with Crippen LogP contribution in [0.4, 0.5) is 0 Å². The first-order valence-electron chi connectivity index (χ1n) is 6.10. The van der Waals surface area contributed by atoms with E-state index in [1.165, 1.54) is 5.56 Å². The van der Waals surface area contributed by atoms with E-state index >= 15 is 0 Å². The molecule has 1 aromatic heterocycles. The fraction of sp³-hybridized carbons (Fsp3) is 0.615. The SMILES string of the molecule is CCCOCCOCc1ccc(CNC)cn1. The number of rotatable bonds is 9. The third kappa shape index (κ3) is 6.36. The smallest absolute Gasteiger partial charge is 0.0889 e. The van der Waals surface area contributed by atoms with Crippen LogP contribution in [0.25, 0.3) is 0 Å².